The topological polar surface area (TPSA) is 129 Å². The van der Waals surface area contributed by atoms with Crippen LogP contribution in [0.2, 0.25) is 0 Å². The molecule has 0 aliphatic carbocycles. The molecular weight excluding hydrogens is 502 g/mol. The molecule has 0 bridgehead atoms. The predicted octanol–water partition coefficient (Wildman–Crippen LogP) is 2.94. The van der Waals surface area contributed by atoms with Crippen LogP contribution in [0.15, 0.2) is 60.9 Å². The monoisotopic (exact) mass is 533 g/mol. The third-order valence-corrected chi connectivity index (χ3v) is 8.30. The van der Waals surface area contributed by atoms with Crippen molar-refractivity contribution in [1.29, 1.82) is 0 Å². The Kier molecular flexibility index (Phi) is 6.64. The van der Waals surface area contributed by atoms with Crippen molar-refractivity contribution in [3.8, 4) is 11.3 Å². The molecule has 6 rings (SSSR count). The van der Waals surface area contributed by atoms with Crippen molar-refractivity contribution in [2.45, 2.75) is 18.2 Å². The van der Waals surface area contributed by atoms with Crippen molar-refractivity contribution < 1.29 is 13.2 Å². The van der Waals surface area contributed by atoms with Gasteiger partial charge < -0.3 is 25.3 Å². The lowest BCUT2D eigenvalue weighted by Crippen LogP contribution is -2.36. The predicted molar refractivity (Wildman–Crippen MR) is 150 cm³/mol. The van der Waals surface area contributed by atoms with Crippen LogP contribution in [0.5, 0.6) is 0 Å². The molecule has 4 heterocycles. The number of hydrogen-bond donors (Lipinski definition) is 3. The second kappa shape index (κ2) is 10.2. The Labute approximate surface area is 221 Å². The van der Waals surface area contributed by atoms with E-state index in [1.165, 1.54) is 0 Å². The molecule has 10 nitrogen and oxygen atoms in total. The molecule has 2 aliphatic rings. The fourth-order valence-corrected chi connectivity index (χ4v) is 6.31. The third-order valence-electron chi connectivity index (χ3n) is 7.04. The highest BCUT2D eigenvalue weighted by atomic mass is 32.2. The highest BCUT2D eigenvalue weighted by molar-refractivity contribution is 7.91. The second-order valence-corrected chi connectivity index (χ2v) is 11.6. The molecule has 0 amide bonds. The first kappa shape index (κ1) is 24.7. The van der Waals surface area contributed by atoms with E-state index in [0.29, 0.717) is 18.9 Å². The summed E-state index contributed by atoms with van der Waals surface area (Å²) in [4.78, 5) is 16.7. The van der Waals surface area contributed by atoms with E-state index in [1.807, 2.05) is 42.5 Å². The maximum absolute atomic E-state index is 12.9. The van der Waals surface area contributed by atoms with E-state index in [9.17, 15) is 8.42 Å². The standard InChI is InChI=1S/C27H31N7O3S/c28-21-8-9-34(16-21)23-3-1-2-19(14-23)17-38(35,36)32-22-6-4-20(5-7-22)25-15-24-26(31-25)29-18-30-27(24)33-10-12-37-13-11-33/h1-7,14-15,18,21,32H,8-13,16-17,28H2,(H,29,30,31)/t21-/m0/s1. The van der Waals surface area contributed by atoms with Gasteiger partial charge in [0.25, 0.3) is 0 Å². The summed E-state index contributed by atoms with van der Waals surface area (Å²) in [5, 5.41) is 0.951. The van der Waals surface area contributed by atoms with E-state index in [2.05, 4.69) is 29.5 Å². The van der Waals surface area contributed by atoms with E-state index in [-0.39, 0.29) is 11.8 Å². The lowest BCUT2D eigenvalue weighted by Gasteiger charge is -2.27. The first-order valence-electron chi connectivity index (χ1n) is 12.8. The molecule has 0 saturated carbocycles. The molecule has 198 valence electrons. The number of nitrogens with two attached hydrogens (primary N) is 1. The lowest BCUT2D eigenvalue weighted by atomic mass is 10.1. The molecule has 2 aliphatic heterocycles. The summed E-state index contributed by atoms with van der Waals surface area (Å²) in [5.41, 5.74) is 10.9. The number of fused-ring (bicyclic) bond motifs is 1. The van der Waals surface area contributed by atoms with Crippen molar-refractivity contribution >= 4 is 38.2 Å². The highest BCUT2D eigenvalue weighted by Gasteiger charge is 2.21. The smallest absolute Gasteiger partial charge is 0.236 e. The second-order valence-electron chi connectivity index (χ2n) is 9.85. The molecule has 2 aromatic heterocycles. The maximum atomic E-state index is 12.9. The van der Waals surface area contributed by atoms with Crippen molar-refractivity contribution in [2.75, 3.05) is 53.9 Å². The van der Waals surface area contributed by atoms with Crippen LogP contribution in [-0.4, -0.2) is 68.8 Å². The summed E-state index contributed by atoms with van der Waals surface area (Å²) in [6, 6.07) is 17.2. The minimum atomic E-state index is -3.59. The number of nitrogens with one attached hydrogen (secondary N) is 2. The number of nitrogens with zero attached hydrogens (tertiary/aromatic N) is 4. The van der Waals surface area contributed by atoms with Gasteiger partial charge in [0, 0.05) is 49.3 Å². The zero-order chi connectivity index (χ0) is 26.1. The van der Waals surface area contributed by atoms with Crippen molar-refractivity contribution in [2.24, 2.45) is 5.73 Å². The third kappa shape index (κ3) is 5.31. The Balaban J connectivity index is 1.16. The Bertz CT molecular complexity index is 1530. The molecule has 0 unspecified atom stereocenters. The van der Waals surface area contributed by atoms with E-state index in [4.69, 9.17) is 10.5 Å². The normalized spacial score (nSPS) is 18.3. The maximum Gasteiger partial charge on any atom is 0.236 e. The number of H-pyrrole nitrogens is 1. The van der Waals surface area contributed by atoms with Gasteiger partial charge in [-0.1, -0.05) is 24.3 Å². The quantitative estimate of drug-likeness (QED) is 0.331. The highest BCUT2D eigenvalue weighted by Crippen LogP contribution is 2.30. The zero-order valence-corrected chi connectivity index (χ0v) is 21.8. The number of rotatable bonds is 7. The number of ether oxygens (including phenoxy) is 1. The Morgan fingerprint density at radius 3 is 2.61 bits per heavy atom. The van der Waals surface area contributed by atoms with Crippen molar-refractivity contribution in [3.63, 3.8) is 0 Å². The summed E-state index contributed by atoms with van der Waals surface area (Å²) in [6.07, 6.45) is 2.52. The van der Waals surface area contributed by atoms with Gasteiger partial charge in [0.2, 0.25) is 10.0 Å². The first-order valence-corrected chi connectivity index (χ1v) is 14.5. The van der Waals surface area contributed by atoms with Gasteiger partial charge in [0.05, 0.1) is 24.4 Å². The Morgan fingerprint density at radius 1 is 1.03 bits per heavy atom. The van der Waals surface area contributed by atoms with Gasteiger partial charge in [-0.05, 0) is 47.9 Å². The Morgan fingerprint density at radius 2 is 1.84 bits per heavy atom. The van der Waals surface area contributed by atoms with Gasteiger partial charge in [-0.3, -0.25) is 4.72 Å². The van der Waals surface area contributed by atoms with Crippen LogP contribution >= 0.6 is 0 Å². The van der Waals surface area contributed by atoms with Crippen LogP contribution in [-0.2, 0) is 20.5 Å². The van der Waals surface area contributed by atoms with Crippen LogP contribution in [0.1, 0.15) is 12.0 Å². The SMILES string of the molecule is N[C@H]1CCN(c2cccc(CS(=O)(=O)Nc3ccc(-c4cc5c(N6CCOCC6)ncnc5[nH]4)cc3)c2)C1. The molecule has 2 aromatic carbocycles. The van der Waals surface area contributed by atoms with Crippen LogP contribution in [0.4, 0.5) is 17.2 Å². The molecule has 38 heavy (non-hydrogen) atoms. The fourth-order valence-electron chi connectivity index (χ4n) is 5.13. The lowest BCUT2D eigenvalue weighted by molar-refractivity contribution is 0.122. The number of aromatic nitrogens is 3. The average Bonchev–Trinajstić information content (AvgIpc) is 3.56. The van der Waals surface area contributed by atoms with Crippen LogP contribution in [0.25, 0.3) is 22.3 Å². The minimum absolute atomic E-state index is 0.104. The Hall–Kier alpha value is -3.67. The van der Waals surface area contributed by atoms with Gasteiger partial charge in [0.15, 0.2) is 0 Å². The molecule has 0 spiro atoms. The molecule has 2 fully saturated rings. The number of aromatic amines is 1. The fraction of sp³-hybridized carbons (Fsp3) is 0.333. The van der Waals surface area contributed by atoms with Crippen LogP contribution in [0, 0.1) is 0 Å². The minimum Gasteiger partial charge on any atom is -0.378 e. The summed E-state index contributed by atoms with van der Waals surface area (Å²) >= 11 is 0. The summed E-state index contributed by atoms with van der Waals surface area (Å²) in [5.74, 6) is 0.787. The van der Waals surface area contributed by atoms with Gasteiger partial charge in [-0.15, -0.1) is 0 Å². The molecule has 1 atom stereocenters. The van der Waals surface area contributed by atoms with Gasteiger partial charge >= 0.3 is 0 Å². The number of anilines is 3. The van der Waals surface area contributed by atoms with E-state index in [1.54, 1.807) is 18.5 Å². The number of hydrogen-bond acceptors (Lipinski definition) is 8. The summed E-state index contributed by atoms with van der Waals surface area (Å²) in [6.45, 7) is 4.62. The van der Waals surface area contributed by atoms with Gasteiger partial charge in [0.1, 0.15) is 17.8 Å². The molecule has 0 radical (unpaired) electrons. The molecule has 2 saturated heterocycles. The molecule has 11 heteroatoms. The number of morpholine rings is 1. The molecule has 4 N–H and O–H groups in total. The zero-order valence-electron chi connectivity index (χ0n) is 21.0. The van der Waals surface area contributed by atoms with E-state index in [0.717, 1.165) is 72.0 Å². The van der Waals surface area contributed by atoms with Crippen LogP contribution in [0.3, 0.4) is 0 Å². The van der Waals surface area contributed by atoms with Gasteiger partial charge in [-0.25, -0.2) is 18.4 Å². The van der Waals surface area contributed by atoms with Gasteiger partial charge in [-0.2, -0.15) is 0 Å². The van der Waals surface area contributed by atoms with Crippen LogP contribution < -0.4 is 20.3 Å². The average molecular weight is 534 g/mol. The summed E-state index contributed by atoms with van der Waals surface area (Å²) in [7, 11) is -3.59. The van der Waals surface area contributed by atoms with Crippen molar-refractivity contribution in [3.05, 3.63) is 66.5 Å². The van der Waals surface area contributed by atoms with Crippen molar-refractivity contribution in [1.82, 2.24) is 15.0 Å². The van der Waals surface area contributed by atoms with E-state index < -0.39 is 10.0 Å². The summed E-state index contributed by atoms with van der Waals surface area (Å²) < 4.78 is 34.0. The van der Waals surface area contributed by atoms with E-state index >= 15 is 0 Å². The molecule has 4 aromatic rings. The molecular formula is C27H31N7O3S. The largest absolute Gasteiger partial charge is 0.378 e. The number of sulfonamides is 1. The number of benzene rings is 2. The first-order chi connectivity index (χ1) is 18.4.